The summed E-state index contributed by atoms with van der Waals surface area (Å²) in [5.74, 6) is 1.62. The summed E-state index contributed by atoms with van der Waals surface area (Å²) in [6.07, 6.45) is 16.8. The maximum atomic E-state index is 9.87. The summed E-state index contributed by atoms with van der Waals surface area (Å²) in [6.45, 7) is 14.9. The second-order valence-electron chi connectivity index (χ2n) is 10.7. The van der Waals surface area contributed by atoms with Crippen LogP contribution < -0.4 is 0 Å². The van der Waals surface area contributed by atoms with E-state index in [1.807, 2.05) is 0 Å². The van der Waals surface area contributed by atoms with Crippen molar-refractivity contribution in [2.75, 3.05) is 12.3 Å². The molecule has 0 amide bonds. The van der Waals surface area contributed by atoms with E-state index in [0.717, 1.165) is 23.2 Å². The number of hydrogen-bond acceptors (Lipinski definition) is 0. The summed E-state index contributed by atoms with van der Waals surface area (Å²) in [6, 6.07) is 0. The summed E-state index contributed by atoms with van der Waals surface area (Å²) < 4.78 is 59.2. The number of fused-ring (bicyclic) bond motifs is 2. The molecule has 2 bridgehead atoms. The SMILES string of the molecule is C1=CC2C=CC1C2.CC(C)(C)[P@]1CC[C@@H]1[C@H]1CC[P@@]1C(C)(C)C.F[P-](F)(F)(F)(F)F.[Rh]. The number of hydrogen-bond donors (Lipinski definition) is 0. The Balaban J connectivity index is 0.000000266. The molecule has 31 heavy (non-hydrogen) atoms. The summed E-state index contributed by atoms with van der Waals surface area (Å²) in [5, 5.41) is 1.24. The van der Waals surface area contributed by atoms with Gasteiger partial charge in [0.25, 0.3) is 0 Å². The molecule has 10 heteroatoms. The van der Waals surface area contributed by atoms with E-state index < -0.39 is 7.81 Å². The van der Waals surface area contributed by atoms with Crippen molar-refractivity contribution >= 4 is 23.7 Å². The van der Waals surface area contributed by atoms with E-state index in [1.54, 1.807) is 25.2 Å². The molecule has 1 radical (unpaired) electrons. The van der Waals surface area contributed by atoms with Gasteiger partial charge in [-0.3, -0.25) is 0 Å². The van der Waals surface area contributed by atoms with Gasteiger partial charge in [-0.15, -0.1) is 0 Å². The Bertz CT molecular complexity index is 608. The second-order valence-corrected chi connectivity index (χ2v) is 19.4. The monoisotopic (exact) mass is 598 g/mol. The molecule has 2 saturated heterocycles. The molecule has 4 rings (SSSR count). The van der Waals surface area contributed by atoms with E-state index in [0.29, 0.717) is 26.2 Å². The predicted octanol–water partition coefficient (Wildman–Crippen LogP) is 10.2. The zero-order valence-electron chi connectivity index (χ0n) is 19.1. The van der Waals surface area contributed by atoms with Gasteiger partial charge < -0.3 is 0 Å². The van der Waals surface area contributed by atoms with E-state index in [2.05, 4.69) is 65.8 Å². The summed E-state index contributed by atoms with van der Waals surface area (Å²) in [7, 11) is -9.97. The first-order valence-corrected chi connectivity index (χ1v) is 15.8. The summed E-state index contributed by atoms with van der Waals surface area (Å²) in [5.41, 5.74) is 2.29. The molecule has 0 aromatic heterocycles. The van der Waals surface area contributed by atoms with Gasteiger partial charge in [0.05, 0.1) is 0 Å². The van der Waals surface area contributed by atoms with E-state index >= 15 is 0 Å². The molecule has 2 aliphatic heterocycles. The normalized spacial score (nSPS) is 35.7. The van der Waals surface area contributed by atoms with E-state index in [4.69, 9.17) is 0 Å². The molecular weight excluding hydrogens is 562 g/mol. The van der Waals surface area contributed by atoms with E-state index in [-0.39, 0.29) is 19.5 Å². The zero-order valence-corrected chi connectivity index (χ0v) is 23.4. The first kappa shape index (κ1) is 30.0. The van der Waals surface area contributed by atoms with Crippen LogP contribution >= 0.6 is 23.7 Å². The van der Waals surface area contributed by atoms with E-state index in [1.165, 1.54) is 6.42 Å². The molecule has 0 spiro atoms. The van der Waals surface area contributed by atoms with Crippen molar-refractivity contribution < 1.29 is 44.7 Å². The van der Waals surface area contributed by atoms with Crippen molar-refractivity contribution in [2.24, 2.45) is 11.8 Å². The van der Waals surface area contributed by atoms with Gasteiger partial charge in [0.1, 0.15) is 0 Å². The number of allylic oxidation sites excluding steroid dienone is 4. The van der Waals surface area contributed by atoms with Gasteiger partial charge in [-0.2, -0.15) is 0 Å². The number of rotatable bonds is 1. The fourth-order valence-corrected chi connectivity index (χ4v) is 11.7. The molecule has 0 aromatic rings. The molecule has 2 aliphatic carbocycles. The van der Waals surface area contributed by atoms with Crippen molar-refractivity contribution in [3.05, 3.63) is 24.3 Å². The fraction of sp³-hybridized carbons (Fsp3) is 0.810. The third-order valence-corrected chi connectivity index (χ3v) is 14.1. The van der Waals surface area contributed by atoms with Crippen molar-refractivity contribution in [3.63, 3.8) is 0 Å². The molecule has 187 valence electrons. The Morgan fingerprint density at radius 1 is 0.645 bits per heavy atom. The Kier molecular flexibility index (Phi) is 8.91. The number of halogens is 6. The minimum Gasteiger partial charge on any atom is 0 e. The van der Waals surface area contributed by atoms with Crippen molar-refractivity contribution in [2.45, 2.75) is 82.4 Å². The molecular formula is C21H36F6P3Rh-. The minimum absolute atomic E-state index is 0. The Labute approximate surface area is 199 Å². The standard InChI is InChI=1S/C14H28P2.C7H8.F6P.Rh/c1-13(2,3)15-9-7-11(15)12-8-10-16(12)14(4,5)6;1-2-7-4-3-6(1)5-7;1-7(2,3,4,5)6;/h11-12H,7-10H2,1-6H3;1-4,6-7H,5H2;;/q;;-1;/t11-,12-,15-,16-;;;/m1.../s1. The van der Waals surface area contributed by atoms with Gasteiger partial charge >= 0.3 is 33.0 Å². The third-order valence-electron chi connectivity index (χ3n) is 6.05. The fourth-order valence-electron chi connectivity index (χ4n) is 4.61. The summed E-state index contributed by atoms with van der Waals surface area (Å²) in [4.78, 5) is 0. The molecule has 0 unspecified atom stereocenters. The molecule has 0 N–H and O–H groups in total. The minimum atomic E-state index is -10.7. The topological polar surface area (TPSA) is 0 Å². The van der Waals surface area contributed by atoms with Crippen LogP contribution in [0.5, 0.6) is 0 Å². The van der Waals surface area contributed by atoms with Crippen LogP contribution in [0.2, 0.25) is 0 Å². The molecule has 0 saturated carbocycles. The van der Waals surface area contributed by atoms with Gasteiger partial charge in [-0.05, 0) is 65.1 Å². The van der Waals surface area contributed by atoms with Crippen LogP contribution in [-0.2, 0) is 19.5 Å². The first-order chi connectivity index (χ1) is 13.1. The molecule has 4 atom stereocenters. The van der Waals surface area contributed by atoms with Gasteiger partial charge in [0, 0.05) is 19.5 Å². The van der Waals surface area contributed by atoms with Gasteiger partial charge in [-0.25, -0.2) is 0 Å². The zero-order chi connectivity index (χ0) is 23.2. The smallest absolute Gasteiger partial charge is 0 e. The molecule has 2 fully saturated rings. The quantitative estimate of drug-likeness (QED) is 0.122. The average molecular weight is 598 g/mol. The van der Waals surface area contributed by atoms with Crippen LogP contribution in [0.15, 0.2) is 24.3 Å². The Hall–Kier alpha value is 0.973. The third kappa shape index (κ3) is 10.8. The molecule has 4 aliphatic rings. The molecule has 0 aromatic carbocycles. The van der Waals surface area contributed by atoms with Gasteiger partial charge in [0.15, 0.2) is 0 Å². The Morgan fingerprint density at radius 2 is 0.903 bits per heavy atom. The van der Waals surface area contributed by atoms with Crippen LogP contribution in [0.1, 0.15) is 60.8 Å². The molecule has 0 nitrogen and oxygen atoms in total. The van der Waals surface area contributed by atoms with Crippen molar-refractivity contribution in [3.8, 4) is 0 Å². The van der Waals surface area contributed by atoms with Crippen LogP contribution in [-0.4, -0.2) is 34.0 Å². The maximum Gasteiger partial charge on any atom is 0 e. The van der Waals surface area contributed by atoms with Crippen LogP contribution in [0.25, 0.3) is 0 Å². The predicted molar refractivity (Wildman–Crippen MR) is 123 cm³/mol. The Morgan fingerprint density at radius 3 is 1.00 bits per heavy atom. The summed E-state index contributed by atoms with van der Waals surface area (Å²) >= 11 is 0. The van der Waals surface area contributed by atoms with Gasteiger partial charge in [-0.1, -0.05) is 81.7 Å². The van der Waals surface area contributed by atoms with Crippen LogP contribution in [0.3, 0.4) is 0 Å². The second kappa shape index (κ2) is 9.21. The van der Waals surface area contributed by atoms with Crippen molar-refractivity contribution in [1.82, 2.24) is 0 Å². The molecule has 2 heterocycles. The average Bonchev–Trinajstić information content (AvgIpc) is 2.99. The maximum absolute atomic E-state index is 10.7. The van der Waals surface area contributed by atoms with Crippen LogP contribution in [0.4, 0.5) is 25.2 Å². The van der Waals surface area contributed by atoms with Crippen LogP contribution in [0, 0.1) is 11.8 Å². The van der Waals surface area contributed by atoms with Gasteiger partial charge in [0.2, 0.25) is 0 Å². The largest absolute Gasteiger partial charge is 0 e. The van der Waals surface area contributed by atoms with E-state index in [9.17, 15) is 25.2 Å². The first-order valence-electron chi connectivity index (χ1n) is 10.6. The van der Waals surface area contributed by atoms with Crippen molar-refractivity contribution in [1.29, 1.82) is 0 Å².